The zero-order valence-electron chi connectivity index (χ0n) is 22.2. The van der Waals surface area contributed by atoms with E-state index in [2.05, 4.69) is 93.8 Å². The number of nitrogens with zero attached hydrogens (tertiary/aromatic N) is 2. The third kappa shape index (κ3) is 9.24. The van der Waals surface area contributed by atoms with Gasteiger partial charge in [-0.25, -0.2) is 0 Å². The van der Waals surface area contributed by atoms with Gasteiger partial charge in [0.1, 0.15) is 0 Å². The van der Waals surface area contributed by atoms with E-state index >= 15 is 0 Å². The summed E-state index contributed by atoms with van der Waals surface area (Å²) in [7, 11) is 0. The Bertz CT molecular complexity index is 1140. The molecule has 0 saturated carbocycles. The molecule has 4 aromatic rings. The van der Waals surface area contributed by atoms with Crippen LogP contribution in [-0.4, -0.2) is 10.1 Å². The molecule has 0 saturated heterocycles. The summed E-state index contributed by atoms with van der Waals surface area (Å²) in [4.78, 5) is 4.68. The molecule has 4 nitrogen and oxygen atoms in total. The van der Waals surface area contributed by atoms with Crippen molar-refractivity contribution in [2.24, 2.45) is 0 Å². The van der Waals surface area contributed by atoms with Crippen LogP contribution in [0.5, 0.6) is 0 Å². The molecule has 2 aromatic carbocycles. The SMILES string of the molecule is CCCCCCCCCCCc1noc(-c2cccc(CNC(Cc3ccccc3)c3ccsc3)c2)n1. The fourth-order valence-electron chi connectivity index (χ4n) is 4.75. The lowest BCUT2D eigenvalue weighted by atomic mass is 10.0. The zero-order chi connectivity index (χ0) is 25.5. The highest BCUT2D eigenvalue weighted by Crippen LogP contribution is 2.23. The van der Waals surface area contributed by atoms with E-state index in [4.69, 9.17) is 4.52 Å². The van der Waals surface area contributed by atoms with Gasteiger partial charge in [0.25, 0.3) is 5.89 Å². The zero-order valence-corrected chi connectivity index (χ0v) is 23.0. The Kier molecular flexibility index (Phi) is 11.4. The number of hydrogen-bond acceptors (Lipinski definition) is 5. The normalized spacial score (nSPS) is 12.1. The fraction of sp³-hybridized carbons (Fsp3) is 0.438. The molecule has 0 amide bonds. The van der Waals surface area contributed by atoms with E-state index < -0.39 is 0 Å². The molecular formula is C32H41N3OS. The molecule has 37 heavy (non-hydrogen) atoms. The maximum atomic E-state index is 5.62. The van der Waals surface area contributed by atoms with Crippen molar-refractivity contribution in [2.75, 3.05) is 0 Å². The van der Waals surface area contributed by atoms with Crippen molar-refractivity contribution >= 4 is 11.3 Å². The van der Waals surface area contributed by atoms with Gasteiger partial charge in [-0.15, -0.1) is 0 Å². The Morgan fingerprint density at radius 2 is 1.59 bits per heavy atom. The molecular weight excluding hydrogens is 474 g/mol. The predicted octanol–water partition coefficient (Wildman–Crippen LogP) is 8.95. The summed E-state index contributed by atoms with van der Waals surface area (Å²) in [6.07, 6.45) is 13.7. The largest absolute Gasteiger partial charge is 0.334 e. The molecule has 5 heteroatoms. The van der Waals surface area contributed by atoms with E-state index in [9.17, 15) is 0 Å². The van der Waals surface area contributed by atoms with Gasteiger partial charge in [0.05, 0.1) is 0 Å². The van der Waals surface area contributed by atoms with Crippen molar-refractivity contribution in [3.05, 3.63) is 93.9 Å². The molecule has 1 N–H and O–H groups in total. The summed E-state index contributed by atoms with van der Waals surface area (Å²) in [5.74, 6) is 1.44. The van der Waals surface area contributed by atoms with Gasteiger partial charge in [0.15, 0.2) is 5.82 Å². The second-order valence-electron chi connectivity index (χ2n) is 9.97. The van der Waals surface area contributed by atoms with Gasteiger partial charge < -0.3 is 9.84 Å². The molecule has 2 heterocycles. The number of benzene rings is 2. The Labute approximate surface area is 226 Å². The van der Waals surface area contributed by atoms with Crippen LogP contribution in [0.4, 0.5) is 0 Å². The Morgan fingerprint density at radius 3 is 2.35 bits per heavy atom. The standard InChI is InChI=1S/C32H41N3OS/c1-2-3-4-5-6-7-8-9-13-19-31-34-32(36-35-31)28-18-14-17-27(22-28)24-33-30(29-20-21-37-25-29)23-26-15-11-10-12-16-26/h10-12,14-18,20-22,25,30,33H,2-9,13,19,23-24H2,1H3. The first-order valence-corrected chi connectivity index (χ1v) is 15.0. The molecule has 0 spiro atoms. The lowest BCUT2D eigenvalue weighted by Gasteiger charge is -2.18. The minimum Gasteiger partial charge on any atom is -0.334 e. The smallest absolute Gasteiger partial charge is 0.257 e. The summed E-state index contributed by atoms with van der Waals surface area (Å²) < 4.78 is 5.62. The highest BCUT2D eigenvalue weighted by Gasteiger charge is 2.14. The molecule has 1 atom stereocenters. The van der Waals surface area contributed by atoms with Crippen molar-refractivity contribution in [3.63, 3.8) is 0 Å². The van der Waals surface area contributed by atoms with Gasteiger partial charge in [-0.05, 0) is 58.5 Å². The lowest BCUT2D eigenvalue weighted by Crippen LogP contribution is -2.22. The van der Waals surface area contributed by atoms with Crippen LogP contribution in [0.3, 0.4) is 0 Å². The van der Waals surface area contributed by atoms with E-state index in [-0.39, 0.29) is 6.04 Å². The molecule has 1 unspecified atom stereocenters. The Hall–Kier alpha value is -2.76. The minimum absolute atomic E-state index is 0.267. The topological polar surface area (TPSA) is 51.0 Å². The van der Waals surface area contributed by atoms with Gasteiger partial charge in [-0.3, -0.25) is 0 Å². The van der Waals surface area contributed by atoms with Crippen molar-refractivity contribution < 1.29 is 4.52 Å². The van der Waals surface area contributed by atoms with Gasteiger partial charge in [-0.2, -0.15) is 16.3 Å². The third-order valence-electron chi connectivity index (χ3n) is 6.93. The summed E-state index contributed by atoms with van der Waals surface area (Å²) in [6.45, 7) is 3.05. The Balaban J connectivity index is 1.26. The first kappa shape index (κ1) is 27.3. The third-order valence-corrected chi connectivity index (χ3v) is 7.63. The Morgan fingerprint density at radius 1 is 0.838 bits per heavy atom. The average Bonchev–Trinajstić information content (AvgIpc) is 3.64. The average molecular weight is 516 g/mol. The van der Waals surface area contributed by atoms with Gasteiger partial charge in [-0.1, -0.05) is 106 Å². The molecule has 0 aliphatic heterocycles. The van der Waals surface area contributed by atoms with E-state index in [1.807, 2.05) is 0 Å². The van der Waals surface area contributed by atoms with Crippen molar-refractivity contribution in [2.45, 2.75) is 90.1 Å². The molecule has 0 fully saturated rings. The highest BCUT2D eigenvalue weighted by atomic mass is 32.1. The fourth-order valence-corrected chi connectivity index (χ4v) is 5.47. The second-order valence-corrected chi connectivity index (χ2v) is 10.8. The van der Waals surface area contributed by atoms with E-state index in [0.717, 1.165) is 37.2 Å². The van der Waals surface area contributed by atoms with E-state index in [1.165, 1.54) is 68.1 Å². The summed E-state index contributed by atoms with van der Waals surface area (Å²) in [6, 6.07) is 21.6. The predicted molar refractivity (Wildman–Crippen MR) is 155 cm³/mol. The number of aromatic nitrogens is 2. The van der Waals surface area contributed by atoms with Crippen LogP contribution < -0.4 is 5.32 Å². The monoisotopic (exact) mass is 515 g/mol. The van der Waals surface area contributed by atoms with Crippen molar-refractivity contribution in [1.82, 2.24) is 15.5 Å². The van der Waals surface area contributed by atoms with E-state index in [1.54, 1.807) is 11.3 Å². The van der Waals surface area contributed by atoms with Crippen LogP contribution in [0.15, 0.2) is 75.9 Å². The summed E-state index contributed by atoms with van der Waals surface area (Å²) in [5.41, 5.74) is 4.87. The maximum Gasteiger partial charge on any atom is 0.257 e. The second kappa shape index (κ2) is 15.5. The summed E-state index contributed by atoms with van der Waals surface area (Å²) in [5, 5.41) is 12.4. The number of rotatable bonds is 17. The maximum absolute atomic E-state index is 5.62. The van der Waals surface area contributed by atoms with Crippen LogP contribution in [-0.2, 0) is 19.4 Å². The highest BCUT2D eigenvalue weighted by molar-refractivity contribution is 7.07. The molecule has 2 aromatic heterocycles. The molecule has 0 bridgehead atoms. The molecule has 0 radical (unpaired) electrons. The first-order valence-electron chi connectivity index (χ1n) is 14.0. The van der Waals surface area contributed by atoms with Crippen LogP contribution in [0.1, 0.15) is 93.3 Å². The quantitative estimate of drug-likeness (QED) is 0.143. The van der Waals surface area contributed by atoms with Gasteiger partial charge in [0.2, 0.25) is 0 Å². The van der Waals surface area contributed by atoms with E-state index in [0.29, 0.717) is 5.89 Å². The first-order chi connectivity index (χ1) is 18.3. The number of nitrogens with one attached hydrogen (secondary N) is 1. The van der Waals surface area contributed by atoms with Gasteiger partial charge >= 0.3 is 0 Å². The summed E-state index contributed by atoms with van der Waals surface area (Å²) >= 11 is 1.75. The van der Waals surface area contributed by atoms with Gasteiger partial charge in [0, 0.05) is 24.6 Å². The number of unbranched alkanes of at least 4 members (excludes halogenated alkanes) is 8. The van der Waals surface area contributed by atoms with Crippen LogP contribution >= 0.6 is 11.3 Å². The lowest BCUT2D eigenvalue weighted by molar-refractivity contribution is 0.420. The number of hydrogen-bond donors (Lipinski definition) is 1. The molecule has 4 rings (SSSR count). The van der Waals surface area contributed by atoms with Crippen LogP contribution in [0.2, 0.25) is 0 Å². The van der Waals surface area contributed by atoms with Crippen LogP contribution in [0.25, 0.3) is 11.5 Å². The molecule has 0 aliphatic rings. The number of thiophene rings is 1. The van der Waals surface area contributed by atoms with Crippen molar-refractivity contribution in [3.8, 4) is 11.5 Å². The number of aryl methyl sites for hydroxylation is 1. The van der Waals surface area contributed by atoms with Crippen molar-refractivity contribution in [1.29, 1.82) is 0 Å². The molecule has 196 valence electrons. The van der Waals surface area contributed by atoms with Crippen LogP contribution in [0, 0.1) is 0 Å². The minimum atomic E-state index is 0.267. The molecule has 0 aliphatic carbocycles.